The van der Waals surface area contributed by atoms with Crippen LogP contribution in [-0.2, 0) is 0 Å². The second-order valence-electron chi connectivity index (χ2n) is 3.66. The van der Waals surface area contributed by atoms with Crippen LogP contribution in [0, 0.1) is 5.41 Å². The van der Waals surface area contributed by atoms with Crippen molar-refractivity contribution in [3.05, 3.63) is 18.5 Å². The van der Waals surface area contributed by atoms with Crippen LogP contribution >= 0.6 is 27.7 Å². The summed E-state index contributed by atoms with van der Waals surface area (Å²) in [5.41, 5.74) is 0.379. The summed E-state index contributed by atoms with van der Waals surface area (Å²) in [4.78, 5) is 8.44. The highest BCUT2D eigenvalue weighted by Crippen LogP contribution is 2.34. The first-order chi connectivity index (χ1) is 7.26. The van der Waals surface area contributed by atoms with E-state index in [-0.39, 0.29) is 0 Å². The molecule has 0 aromatic carbocycles. The van der Waals surface area contributed by atoms with Crippen LogP contribution in [0.4, 0.5) is 0 Å². The van der Waals surface area contributed by atoms with E-state index in [9.17, 15) is 0 Å². The third kappa shape index (κ3) is 3.76. The highest BCUT2D eigenvalue weighted by atomic mass is 79.9. The van der Waals surface area contributed by atoms with Gasteiger partial charge in [0.05, 0.1) is 0 Å². The molecule has 0 saturated heterocycles. The molecule has 1 heterocycles. The number of hydrogen-bond donors (Lipinski definition) is 0. The van der Waals surface area contributed by atoms with Gasteiger partial charge in [0.25, 0.3) is 0 Å². The van der Waals surface area contributed by atoms with Crippen molar-refractivity contribution in [2.75, 3.05) is 11.1 Å². The minimum Gasteiger partial charge on any atom is -0.231 e. The number of halogens is 1. The van der Waals surface area contributed by atoms with Gasteiger partial charge in [-0.15, -0.1) is 0 Å². The van der Waals surface area contributed by atoms with Crippen molar-refractivity contribution in [3.63, 3.8) is 0 Å². The van der Waals surface area contributed by atoms with E-state index in [1.165, 1.54) is 12.8 Å². The van der Waals surface area contributed by atoms with E-state index < -0.39 is 0 Å². The lowest BCUT2D eigenvalue weighted by Gasteiger charge is -2.28. The van der Waals surface area contributed by atoms with E-state index in [1.807, 2.05) is 6.07 Å². The number of nitrogens with zero attached hydrogens (tertiary/aromatic N) is 2. The summed E-state index contributed by atoms with van der Waals surface area (Å²) in [5.74, 6) is 1.08. The van der Waals surface area contributed by atoms with Gasteiger partial charge in [-0.3, -0.25) is 0 Å². The lowest BCUT2D eigenvalue weighted by Crippen LogP contribution is -2.23. The summed E-state index contributed by atoms with van der Waals surface area (Å²) >= 11 is 5.36. The summed E-state index contributed by atoms with van der Waals surface area (Å²) < 4.78 is 0. The first-order valence-electron chi connectivity index (χ1n) is 5.22. The third-order valence-electron chi connectivity index (χ3n) is 2.83. The van der Waals surface area contributed by atoms with Crippen LogP contribution in [0.3, 0.4) is 0 Å². The predicted octanol–water partition coefficient (Wildman–Crippen LogP) is 3.77. The van der Waals surface area contributed by atoms with Crippen molar-refractivity contribution < 1.29 is 0 Å². The van der Waals surface area contributed by atoms with Gasteiger partial charge in [0.1, 0.15) is 0 Å². The second-order valence-corrected chi connectivity index (χ2v) is 5.16. The lowest BCUT2D eigenvalue weighted by molar-refractivity contribution is 0.359. The smallest absolute Gasteiger partial charge is 0.187 e. The molecule has 0 fully saturated rings. The molecule has 0 aliphatic carbocycles. The van der Waals surface area contributed by atoms with Crippen molar-refractivity contribution >= 4 is 27.7 Å². The Kier molecular flexibility index (Phi) is 5.61. The van der Waals surface area contributed by atoms with Crippen LogP contribution in [0.5, 0.6) is 0 Å². The van der Waals surface area contributed by atoms with E-state index >= 15 is 0 Å². The minimum absolute atomic E-state index is 0.379. The Morgan fingerprint density at radius 3 is 2.33 bits per heavy atom. The maximum atomic E-state index is 4.22. The van der Waals surface area contributed by atoms with Gasteiger partial charge >= 0.3 is 0 Å². The van der Waals surface area contributed by atoms with E-state index in [2.05, 4.69) is 39.7 Å². The molecule has 1 rings (SSSR count). The van der Waals surface area contributed by atoms with E-state index in [1.54, 1.807) is 24.2 Å². The monoisotopic (exact) mass is 288 g/mol. The van der Waals surface area contributed by atoms with Gasteiger partial charge in [-0.2, -0.15) is 0 Å². The van der Waals surface area contributed by atoms with E-state index in [4.69, 9.17) is 0 Å². The van der Waals surface area contributed by atoms with Crippen molar-refractivity contribution in [2.24, 2.45) is 5.41 Å². The molecule has 1 aromatic heterocycles. The van der Waals surface area contributed by atoms with Gasteiger partial charge in [-0.25, -0.2) is 9.97 Å². The van der Waals surface area contributed by atoms with Crippen LogP contribution in [0.2, 0.25) is 0 Å². The molecule has 0 spiro atoms. The van der Waals surface area contributed by atoms with Crippen LogP contribution < -0.4 is 0 Å². The second kappa shape index (κ2) is 6.48. The zero-order valence-corrected chi connectivity index (χ0v) is 11.6. The molecule has 0 aliphatic rings. The number of rotatable bonds is 6. The molecule has 0 bridgehead atoms. The topological polar surface area (TPSA) is 25.8 Å². The van der Waals surface area contributed by atoms with Crippen LogP contribution in [0.15, 0.2) is 23.6 Å². The van der Waals surface area contributed by atoms with Crippen LogP contribution in [0.25, 0.3) is 0 Å². The standard InChI is InChI=1S/C11H17BrN2S/c1-3-11(4-2,8-12)9-15-10-13-6-5-7-14-10/h5-7H,3-4,8-9H2,1-2H3. The van der Waals surface area contributed by atoms with Gasteiger partial charge in [0, 0.05) is 23.5 Å². The summed E-state index contributed by atoms with van der Waals surface area (Å²) in [6.45, 7) is 4.49. The summed E-state index contributed by atoms with van der Waals surface area (Å²) in [7, 11) is 0. The molecular formula is C11H17BrN2S. The molecule has 0 radical (unpaired) electrons. The molecule has 84 valence electrons. The average molecular weight is 289 g/mol. The lowest BCUT2D eigenvalue weighted by atomic mass is 9.87. The number of thioether (sulfide) groups is 1. The number of alkyl halides is 1. The summed E-state index contributed by atoms with van der Waals surface area (Å²) in [6.07, 6.45) is 5.97. The number of hydrogen-bond acceptors (Lipinski definition) is 3. The Hall–Kier alpha value is -0.0900. The molecule has 0 amide bonds. The van der Waals surface area contributed by atoms with Gasteiger partial charge in [0.2, 0.25) is 0 Å². The Labute approximate surface area is 104 Å². The molecule has 4 heteroatoms. The van der Waals surface area contributed by atoms with Gasteiger partial charge in [0.15, 0.2) is 5.16 Å². The largest absolute Gasteiger partial charge is 0.231 e. The molecule has 1 aromatic rings. The Morgan fingerprint density at radius 1 is 1.27 bits per heavy atom. The molecule has 0 saturated carbocycles. The van der Waals surface area contributed by atoms with E-state index in [0.717, 1.165) is 16.2 Å². The average Bonchev–Trinajstić information content (AvgIpc) is 2.33. The Bertz CT molecular complexity index is 267. The first kappa shape index (κ1) is 13.0. The van der Waals surface area contributed by atoms with Crippen LogP contribution in [-0.4, -0.2) is 21.1 Å². The highest BCUT2D eigenvalue weighted by Gasteiger charge is 2.25. The summed E-state index contributed by atoms with van der Waals surface area (Å²) in [5, 5.41) is 1.93. The Balaban J connectivity index is 2.54. The molecule has 0 aliphatic heterocycles. The molecule has 0 unspecified atom stereocenters. The zero-order valence-electron chi connectivity index (χ0n) is 9.24. The quantitative estimate of drug-likeness (QED) is 0.453. The normalized spacial score (nSPS) is 11.7. The first-order valence-corrected chi connectivity index (χ1v) is 7.33. The van der Waals surface area contributed by atoms with E-state index in [0.29, 0.717) is 5.41 Å². The molecule has 0 atom stereocenters. The molecule has 2 nitrogen and oxygen atoms in total. The predicted molar refractivity (Wildman–Crippen MR) is 69.6 cm³/mol. The molecule has 0 N–H and O–H groups in total. The molecular weight excluding hydrogens is 272 g/mol. The SMILES string of the molecule is CCC(CC)(CBr)CSc1ncccn1. The number of aromatic nitrogens is 2. The fraction of sp³-hybridized carbons (Fsp3) is 0.636. The minimum atomic E-state index is 0.379. The fourth-order valence-corrected chi connectivity index (χ4v) is 3.73. The zero-order chi connectivity index (χ0) is 11.1. The fourth-order valence-electron chi connectivity index (χ4n) is 1.26. The highest BCUT2D eigenvalue weighted by molar-refractivity contribution is 9.09. The third-order valence-corrected chi connectivity index (χ3v) is 5.25. The van der Waals surface area contributed by atoms with Gasteiger partial charge < -0.3 is 0 Å². The van der Waals surface area contributed by atoms with Crippen molar-refractivity contribution in [3.8, 4) is 0 Å². The van der Waals surface area contributed by atoms with Crippen LogP contribution in [0.1, 0.15) is 26.7 Å². The van der Waals surface area contributed by atoms with Gasteiger partial charge in [-0.05, 0) is 24.3 Å². The Morgan fingerprint density at radius 2 is 1.87 bits per heavy atom. The van der Waals surface area contributed by atoms with Gasteiger partial charge in [-0.1, -0.05) is 41.5 Å². The van der Waals surface area contributed by atoms with Crippen molar-refractivity contribution in [1.82, 2.24) is 9.97 Å². The maximum Gasteiger partial charge on any atom is 0.187 e. The summed E-state index contributed by atoms with van der Waals surface area (Å²) in [6, 6.07) is 1.85. The molecule has 15 heavy (non-hydrogen) atoms. The van der Waals surface area contributed by atoms with Crippen molar-refractivity contribution in [1.29, 1.82) is 0 Å². The van der Waals surface area contributed by atoms with Crippen molar-refractivity contribution in [2.45, 2.75) is 31.8 Å². The maximum absolute atomic E-state index is 4.22.